The lowest BCUT2D eigenvalue weighted by molar-refractivity contribution is 0.0794. The summed E-state index contributed by atoms with van der Waals surface area (Å²) >= 11 is 6.06. The molecule has 2 aromatic carbocycles. The standard InChI is InChI=1S/C20H22ClN3O4S/c1-23(2)29(27,28)16-8-5-14(6-9-16)19(25)22-18-10-7-15(21)13-17(18)20(26)24-11-3-4-12-24/h5-10,13H,3-4,11-12H2,1-2H3,(H,22,25). The predicted molar refractivity (Wildman–Crippen MR) is 112 cm³/mol. The highest BCUT2D eigenvalue weighted by Gasteiger charge is 2.23. The number of carbonyl (C=O) groups is 2. The fourth-order valence-electron chi connectivity index (χ4n) is 3.08. The number of halogens is 1. The zero-order valence-electron chi connectivity index (χ0n) is 16.2. The van der Waals surface area contributed by atoms with Gasteiger partial charge in [0.15, 0.2) is 0 Å². The Morgan fingerprint density at radius 2 is 1.66 bits per heavy atom. The van der Waals surface area contributed by atoms with Crippen molar-refractivity contribution in [3.63, 3.8) is 0 Å². The highest BCUT2D eigenvalue weighted by atomic mass is 35.5. The molecule has 1 heterocycles. The largest absolute Gasteiger partial charge is 0.339 e. The van der Waals surface area contributed by atoms with E-state index >= 15 is 0 Å². The van der Waals surface area contributed by atoms with Crippen molar-refractivity contribution in [2.45, 2.75) is 17.7 Å². The normalized spacial score (nSPS) is 14.3. The Labute approximate surface area is 175 Å². The predicted octanol–water partition coefficient (Wildman–Crippen LogP) is 3.08. The third-order valence-electron chi connectivity index (χ3n) is 4.75. The summed E-state index contributed by atoms with van der Waals surface area (Å²) in [5.41, 5.74) is 0.970. The van der Waals surface area contributed by atoms with Crippen molar-refractivity contribution < 1.29 is 18.0 Å². The summed E-state index contributed by atoms with van der Waals surface area (Å²) in [6, 6.07) is 10.4. The fourth-order valence-corrected chi connectivity index (χ4v) is 4.15. The second kappa shape index (κ2) is 8.52. The van der Waals surface area contributed by atoms with Crippen molar-refractivity contribution in [1.82, 2.24) is 9.21 Å². The smallest absolute Gasteiger partial charge is 0.256 e. The first-order chi connectivity index (χ1) is 13.7. The summed E-state index contributed by atoms with van der Waals surface area (Å²) < 4.78 is 25.4. The van der Waals surface area contributed by atoms with Crippen molar-refractivity contribution in [2.24, 2.45) is 0 Å². The van der Waals surface area contributed by atoms with E-state index < -0.39 is 15.9 Å². The lowest BCUT2D eigenvalue weighted by atomic mass is 10.1. The molecule has 1 saturated heterocycles. The SMILES string of the molecule is CN(C)S(=O)(=O)c1ccc(C(=O)Nc2ccc(Cl)cc2C(=O)N2CCCC2)cc1. The third-order valence-corrected chi connectivity index (χ3v) is 6.81. The molecule has 0 saturated carbocycles. The average molecular weight is 436 g/mol. The number of sulfonamides is 1. The van der Waals surface area contributed by atoms with Crippen LogP contribution >= 0.6 is 11.6 Å². The Hall–Kier alpha value is -2.42. The van der Waals surface area contributed by atoms with E-state index in [0.717, 1.165) is 17.1 Å². The molecule has 0 atom stereocenters. The third kappa shape index (κ3) is 4.60. The lowest BCUT2D eigenvalue weighted by Gasteiger charge is -2.18. The Balaban J connectivity index is 1.83. The van der Waals surface area contributed by atoms with E-state index in [1.807, 2.05) is 0 Å². The molecule has 7 nitrogen and oxygen atoms in total. The highest BCUT2D eigenvalue weighted by Crippen LogP contribution is 2.25. The molecule has 29 heavy (non-hydrogen) atoms. The number of carbonyl (C=O) groups excluding carboxylic acids is 2. The Bertz CT molecular complexity index is 1030. The number of hydrogen-bond acceptors (Lipinski definition) is 4. The van der Waals surface area contributed by atoms with Crippen LogP contribution in [0.15, 0.2) is 47.4 Å². The van der Waals surface area contributed by atoms with Crippen molar-refractivity contribution >= 4 is 39.1 Å². The van der Waals surface area contributed by atoms with Crippen LogP contribution in [0.5, 0.6) is 0 Å². The Morgan fingerprint density at radius 3 is 2.24 bits per heavy atom. The van der Waals surface area contributed by atoms with Gasteiger partial charge in [0.1, 0.15) is 0 Å². The minimum atomic E-state index is -3.57. The number of amides is 2. The van der Waals surface area contributed by atoms with E-state index in [2.05, 4.69) is 5.32 Å². The summed E-state index contributed by atoms with van der Waals surface area (Å²) in [7, 11) is -0.694. The van der Waals surface area contributed by atoms with Gasteiger partial charge in [-0.25, -0.2) is 12.7 Å². The molecule has 9 heteroatoms. The molecule has 0 aliphatic carbocycles. The monoisotopic (exact) mass is 435 g/mol. The molecule has 0 spiro atoms. The number of nitrogens with one attached hydrogen (secondary N) is 1. The second-order valence-corrected chi connectivity index (χ2v) is 9.54. The highest BCUT2D eigenvalue weighted by molar-refractivity contribution is 7.89. The molecular weight excluding hydrogens is 414 g/mol. The summed E-state index contributed by atoms with van der Waals surface area (Å²) in [5, 5.41) is 3.14. The van der Waals surface area contributed by atoms with Crippen LogP contribution < -0.4 is 5.32 Å². The van der Waals surface area contributed by atoms with Crippen LogP contribution in [-0.2, 0) is 10.0 Å². The van der Waals surface area contributed by atoms with Crippen LogP contribution in [-0.4, -0.2) is 56.6 Å². The minimum absolute atomic E-state index is 0.0930. The van der Waals surface area contributed by atoms with Gasteiger partial charge in [-0.1, -0.05) is 11.6 Å². The van der Waals surface area contributed by atoms with Crippen molar-refractivity contribution in [3.05, 3.63) is 58.6 Å². The van der Waals surface area contributed by atoms with Gasteiger partial charge in [-0.15, -0.1) is 0 Å². The van der Waals surface area contributed by atoms with E-state index in [9.17, 15) is 18.0 Å². The Morgan fingerprint density at radius 1 is 1.03 bits per heavy atom. The first kappa shape index (κ1) is 21.3. The van der Waals surface area contributed by atoms with Crippen LogP contribution in [0.3, 0.4) is 0 Å². The van der Waals surface area contributed by atoms with E-state index in [4.69, 9.17) is 11.6 Å². The van der Waals surface area contributed by atoms with E-state index in [1.165, 1.54) is 38.4 Å². The Kier molecular flexibility index (Phi) is 6.26. The number of likely N-dealkylation sites (tertiary alicyclic amines) is 1. The van der Waals surface area contributed by atoms with Crippen LogP contribution in [0.25, 0.3) is 0 Å². The molecule has 0 aromatic heterocycles. The number of benzene rings is 2. The van der Waals surface area contributed by atoms with Crippen molar-refractivity contribution in [2.75, 3.05) is 32.5 Å². The van der Waals surface area contributed by atoms with E-state index in [0.29, 0.717) is 29.4 Å². The summed E-state index contributed by atoms with van der Waals surface area (Å²) in [4.78, 5) is 27.3. The zero-order valence-corrected chi connectivity index (χ0v) is 17.8. The zero-order chi connectivity index (χ0) is 21.2. The van der Waals surface area contributed by atoms with Crippen molar-refractivity contribution in [3.8, 4) is 0 Å². The summed E-state index contributed by atoms with van der Waals surface area (Å²) in [5.74, 6) is -0.621. The lowest BCUT2D eigenvalue weighted by Crippen LogP contribution is -2.29. The molecule has 1 aliphatic heterocycles. The van der Waals surface area contributed by atoms with Gasteiger partial charge < -0.3 is 10.2 Å². The molecule has 1 N–H and O–H groups in total. The summed E-state index contributed by atoms with van der Waals surface area (Å²) in [6.07, 6.45) is 1.91. The number of rotatable bonds is 5. The number of nitrogens with zero attached hydrogens (tertiary/aromatic N) is 2. The van der Waals surface area contributed by atoms with Crippen LogP contribution in [0.2, 0.25) is 5.02 Å². The maximum atomic E-state index is 12.8. The van der Waals surface area contributed by atoms with Crippen molar-refractivity contribution in [1.29, 1.82) is 0 Å². The molecule has 0 unspecified atom stereocenters. The first-order valence-corrected chi connectivity index (χ1v) is 10.9. The van der Waals surface area contributed by atoms with Crippen LogP contribution in [0.1, 0.15) is 33.6 Å². The van der Waals surface area contributed by atoms with E-state index in [-0.39, 0.29) is 16.4 Å². The maximum absolute atomic E-state index is 12.8. The van der Waals surface area contributed by atoms with Gasteiger partial charge in [0.05, 0.1) is 16.1 Å². The quantitative estimate of drug-likeness (QED) is 0.781. The fraction of sp³-hybridized carbons (Fsp3) is 0.300. The molecule has 0 bridgehead atoms. The molecule has 2 amide bonds. The summed E-state index contributed by atoms with van der Waals surface area (Å²) in [6.45, 7) is 1.36. The molecule has 154 valence electrons. The minimum Gasteiger partial charge on any atom is -0.339 e. The number of anilines is 1. The topological polar surface area (TPSA) is 86.8 Å². The van der Waals surface area contributed by atoms with Gasteiger partial charge >= 0.3 is 0 Å². The first-order valence-electron chi connectivity index (χ1n) is 9.13. The van der Waals surface area contributed by atoms with Gasteiger partial charge in [0.2, 0.25) is 10.0 Å². The van der Waals surface area contributed by atoms with Crippen LogP contribution in [0, 0.1) is 0 Å². The molecule has 0 radical (unpaired) electrons. The molecule has 1 aliphatic rings. The molecule has 3 rings (SSSR count). The van der Waals surface area contributed by atoms with Gasteiger partial charge in [0, 0.05) is 37.8 Å². The second-order valence-electron chi connectivity index (χ2n) is 6.96. The number of hydrogen-bond donors (Lipinski definition) is 1. The van der Waals surface area contributed by atoms with Gasteiger partial charge in [-0.05, 0) is 55.3 Å². The molecule has 1 fully saturated rings. The maximum Gasteiger partial charge on any atom is 0.256 e. The van der Waals surface area contributed by atoms with Gasteiger partial charge in [-0.2, -0.15) is 0 Å². The van der Waals surface area contributed by atoms with Gasteiger partial charge in [0.25, 0.3) is 11.8 Å². The average Bonchev–Trinajstić information content (AvgIpc) is 3.23. The molecular formula is C20H22ClN3O4S. The van der Waals surface area contributed by atoms with Crippen LogP contribution in [0.4, 0.5) is 5.69 Å². The van der Waals surface area contributed by atoms with Gasteiger partial charge in [-0.3, -0.25) is 9.59 Å². The molecule has 2 aromatic rings. The van der Waals surface area contributed by atoms with E-state index in [1.54, 1.807) is 23.1 Å².